The molecule has 0 fully saturated rings. The van der Waals surface area contributed by atoms with Crippen molar-refractivity contribution in [2.45, 2.75) is 23.0 Å². The predicted molar refractivity (Wildman–Crippen MR) is 76.1 cm³/mol. The van der Waals surface area contributed by atoms with Gasteiger partial charge in [0.05, 0.1) is 0 Å². The molecular formula is C14H13FN4S. The summed E-state index contributed by atoms with van der Waals surface area (Å²) in [5.74, 6) is -0.293. The van der Waals surface area contributed by atoms with E-state index in [2.05, 4.69) is 10.2 Å². The Morgan fingerprint density at radius 3 is 2.85 bits per heavy atom. The Morgan fingerprint density at radius 1 is 1.20 bits per heavy atom. The van der Waals surface area contributed by atoms with Gasteiger partial charge in [0.15, 0.2) is 10.8 Å². The molecule has 4 nitrogen and oxygen atoms in total. The van der Waals surface area contributed by atoms with Gasteiger partial charge in [-0.15, -0.1) is 10.2 Å². The van der Waals surface area contributed by atoms with E-state index in [1.54, 1.807) is 13.0 Å². The number of halogens is 1. The van der Waals surface area contributed by atoms with Crippen LogP contribution in [0.2, 0.25) is 0 Å². The molecule has 2 aromatic heterocycles. The third-order valence-corrected chi connectivity index (χ3v) is 3.99. The Morgan fingerprint density at radius 2 is 2.05 bits per heavy atom. The van der Waals surface area contributed by atoms with Crippen LogP contribution in [0.5, 0.6) is 0 Å². The minimum Gasteiger partial charge on any atom is -0.324 e. The Bertz CT molecular complexity index is 754. The maximum absolute atomic E-state index is 13.9. The first-order valence-corrected chi connectivity index (χ1v) is 7.00. The molecule has 0 bridgehead atoms. The number of pyridine rings is 1. The molecule has 0 unspecified atom stereocenters. The molecule has 1 aromatic carbocycles. The monoisotopic (exact) mass is 288 g/mol. The van der Waals surface area contributed by atoms with Crippen LogP contribution in [0, 0.1) is 5.82 Å². The van der Waals surface area contributed by atoms with E-state index in [9.17, 15) is 4.39 Å². The molecule has 0 aliphatic carbocycles. The molecule has 3 rings (SSSR count). The standard InChI is InChI=1S/C14H13FN4S/c1-9(16)13-10(15)5-4-6-11(13)20-14-18-17-12-7-2-3-8-19(12)14/h2-9H,16H2,1H3/t9-/m1/s1. The van der Waals surface area contributed by atoms with Gasteiger partial charge in [-0.1, -0.05) is 12.1 Å². The Labute approximate surface area is 119 Å². The molecule has 0 amide bonds. The number of aromatic nitrogens is 3. The lowest BCUT2D eigenvalue weighted by atomic mass is 10.1. The smallest absolute Gasteiger partial charge is 0.200 e. The lowest BCUT2D eigenvalue weighted by molar-refractivity contribution is 0.585. The molecule has 0 aliphatic rings. The SMILES string of the molecule is C[C@@H](N)c1c(F)cccc1Sc1nnc2ccccn12. The van der Waals surface area contributed by atoms with E-state index in [1.165, 1.54) is 17.8 Å². The third-order valence-electron chi connectivity index (χ3n) is 2.95. The van der Waals surface area contributed by atoms with Gasteiger partial charge in [0.25, 0.3) is 0 Å². The van der Waals surface area contributed by atoms with Crippen molar-refractivity contribution in [3.8, 4) is 0 Å². The lowest BCUT2D eigenvalue weighted by Crippen LogP contribution is -2.09. The van der Waals surface area contributed by atoms with Gasteiger partial charge in [-0.3, -0.25) is 4.40 Å². The van der Waals surface area contributed by atoms with Gasteiger partial charge in [0, 0.05) is 22.7 Å². The molecule has 3 aromatic rings. The van der Waals surface area contributed by atoms with Gasteiger partial charge in [-0.05, 0) is 43.0 Å². The number of hydrogen-bond donors (Lipinski definition) is 1. The number of fused-ring (bicyclic) bond motifs is 1. The average Bonchev–Trinajstić information content (AvgIpc) is 2.82. The van der Waals surface area contributed by atoms with Crippen LogP contribution < -0.4 is 5.73 Å². The summed E-state index contributed by atoms with van der Waals surface area (Å²) in [5.41, 5.74) is 7.12. The fraction of sp³-hybridized carbons (Fsp3) is 0.143. The zero-order valence-corrected chi connectivity index (χ0v) is 11.6. The number of hydrogen-bond acceptors (Lipinski definition) is 4. The molecule has 0 radical (unpaired) electrons. The van der Waals surface area contributed by atoms with E-state index in [0.717, 1.165) is 10.5 Å². The van der Waals surface area contributed by atoms with Crippen molar-refractivity contribution in [1.29, 1.82) is 0 Å². The Hall–Kier alpha value is -1.92. The molecule has 2 N–H and O–H groups in total. The normalized spacial score (nSPS) is 12.8. The summed E-state index contributed by atoms with van der Waals surface area (Å²) in [7, 11) is 0. The first kappa shape index (κ1) is 13.1. The zero-order chi connectivity index (χ0) is 14.1. The van der Waals surface area contributed by atoms with Gasteiger partial charge in [0.2, 0.25) is 0 Å². The van der Waals surface area contributed by atoms with Crippen molar-refractivity contribution in [2.75, 3.05) is 0 Å². The minimum absolute atomic E-state index is 0.293. The Kier molecular flexibility index (Phi) is 3.42. The van der Waals surface area contributed by atoms with Gasteiger partial charge < -0.3 is 5.73 Å². The predicted octanol–water partition coefficient (Wildman–Crippen LogP) is 3.04. The van der Waals surface area contributed by atoms with Crippen LogP contribution in [0.1, 0.15) is 18.5 Å². The molecule has 0 saturated heterocycles. The van der Waals surface area contributed by atoms with Crippen LogP contribution in [-0.4, -0.2) is 14.6 Å². The number of nitrogens with two attached hydrogens (primary N) is 1. The van der Waals surface area contributed by atoms with E-state index in [4.69, 9.17) is 5.73 Å². The summed E-state index contributed by atoms with van der Waals surface area (Å²) in [6.07, 6.45) is 1.88. The minimum atomic E-state index is -0.377. The molecule has 20 heavy (non-hydrogen) atoms. The molecule has 0 saturated carbocycles. The first-order valence-electron chi connectivity index (χ1n) is 6.18. The quantitative estimate of drug-likeness (QED) is 0.805. The largest absolute Gasteiger partial charge is 0.324 e. The van der Waals surface area contributed by atoms with Crippen LogP contribution in [0.25, 0.3) is 5.65 Å². The summed E-state index contributed by atoms with van der Waals surface area (Å²) >= 11 is 1.36. The van der Waals surface area contributed by atoms with E-state index in [-0.39, 0.29) is 11.9 Å². The molecule has 6 heteroatoms. The molecular weight excluding hydrogens is 275 g/mol. The highest BCUT2D eigenvalue weighted by Crippen LogP contribution is 2.33. The second-order valence-electron chi connectivity index (χ2n) is 4.45. The second-order valence-corrected chi connectivity index (χ2v) is 5.46. The van der Waals surface area contributed by atoms with Crippen molar-refractivity contribution < 1.29 is 4.39 Å². The van der Waals surface area contributed by atoms with Crippen molar-refractivity contribution >= 4 is 17.4 Å². The summed E-state index contributed by atoms with van der Waals surface area (Å²) in [5, 5.41) is 8.90. The van der Waals surface area contributed by atoms with Crippen LogP contribution >= 0.6 is 11.8 Å². The maximum Gasteiger partial charge on any atom is 0.200 e. The highest BCUT2D eigenvalue weighted by Gasteiger charge is 2.15. The van der Waals surface area contributed by atoms with Crippen LogP contribution in [-0.2, 0) is 0 Å². The molecule has 0 aliphatic heterocycles. The molecule has 102 valence electrons. The van der Waals surface area contributed by atoms with Crippen LogP contribution in [0.15, 0.2) is 52.6 Å². The van der Waals surface area contributed by atoms with Crippen LogP contribution in [0.4, 0.5) is 4.39 Å². The maximum atomic E-state index is 13.9. The van der Waals surface area contributed by atoms with E-state index in [0.29, 0.717) is 10.7 Å². The summed E-state index contributed by atoms with van der Waals surface area (Å²) < 4.78 is 15.8. The van der Waals surface area contributed by atoms with Gasteiger partial charge in [-0.2, -0.15) is 0 Å². The summed E-state index contributed by atoms with van der Waals surface area (Å²) in [4.78, 5) is 0.762. The third kappa shape index (κ3) is 2.28. The van der Waals surface area contributed by atoms with E-state index in [1.807, 2.05) is 34.9 Å². The molecule has 1 atom stereocenters. The number of nitrogens with zero attached hydrogens (tertiary/aromatic N) is 3. The highest BCUT2D eigenvalue weighted by atomic mass is 32.2. The van der Waals surface area contributed by atoms with Gasteiger partial charge in [0.1, 0.15) is 5.82 Å². The molecule has 0 spiro atoms. The van der Waals surface area contributed by atoms with E-state index < -0.39 is 0 Å². The first-order chi connectivity index (χ1) is 9.66. The molecule has 2 heterocycles. The highest BCUT2D eigenvalue weighted by molar-refractivity contribution is 7.99. The van der Waals surface area contributed by atoms with Crippen molar-refractivity contribution in [2.24, 2.45) is 5.73 Å². The van der Waals surface area contributed by atoms with Crippen LogP contribution in [0.3, 0.4) is 0 Å². The topological polar surface area (TPSA) is 56.2 Å². The number of rotatable bonds is 3. The van der Waals surface area contributed by atoms with Crippen molar-refractivity contribution in [1.82, 2.24) is 14.6 Å². The summed E-state index contributed by atoms with van der Waals surface area (Å²) in [6.45, 7) is 1.77. The van der Waals surface area contributed by atoms with Gasteiger partial charge in [-0.25, -0.2) is 4.39 Å². The fourth-order valence-electron chi connectivity index (χ4n) is 2.04. The zero-order valence-electron chi connectivity index (χ0n) is 10.8. The summed E-state index contributed by atoms with van der Waals surface area (Å²) in [6, 6.07) is 10.2. The fourth-order valence-corrected chi connectivity index (χ4v) is 3.11. The Balaban J connectivity index is 2.05. The second kappa shape index (κ2) is 5.22. The van der Waals surface area contributed by atoms with E-state index >= 15 is 0 Å². The average molecular weight is 288 g/mol. The lowest BCUT2D eigenvalue weighted by Gasteiger charge is -2.12. The van der Waals surface area contributed by atoms with Gasteiger partial charge >= 0.3 is 0 Å². The van der Waals surface area contributed by atoms with Crippen molar-refractivity contribution in [3.63, 3.8) is 0 Å². The number of benzene rings is 1. The van der Waals surface area contributed by atoms with Crippen molar-refractivity contribution in [3.05, 3.63) is 54.0 Å².